The largest absolute Gasteiger partial charge is 0.492 e. The molecule has 4 aromatic heterocycles. The molecule has 5 heterocycles. The first kappa shape index (κ1) is 26.7. The Kier molecular flexibility index (Phi) is 6.52. The molecule has 10 nitrogen and oxygen atoms in total. The van der Waals surface area contributed by atoms with Crippen LogP contribution in [-0.2, 0) is 28.9 Å². The van der Waals surface area contributed by atoms with E-state index in [1.807, 2.05) is 68.2 Å². The second-order valence-corrected chi connectivity index (χ2v) is 12.6. The minimum atomic E-state index is -4.01. The molecule has 0 unspecified atom stereocenters. The van der Waals surface area contributed by atoms with Gasteiger partial charge in [0.2, 0.25) is 0 Å². The third-order valence-corrected chi connectivity index (χ3v) is 9.78. The molecule has 0 bridgehead atoms. The van der Waals surface area contributed by atoms with Gasteiger partial charge in [0.25, 0.3) is 10.0 Å². The molecule has 2 aromatic carbocycles. The van der Waals surface area contributed by atoms with E-state index in [4.69, 9.17) is 9.47 Å². The standard InChI is InChI=1S/C31H32N6O4S/c1-21-4-7-24(8-5-21)42(38,39)37-29(17-26-30-22(18-32-31(26)37)19-33-35(30)3)27-20-34(2)28-9-6-23(16-25(27)28)41-15-12-36-10-13-40-14-11-36/h4-9,16-20H,10-15H2,1-3H3. The van der Waals surface area contributed by atoms with E-state index >= 15 is 0 Å². The van der Waals surface area contributed by atoms with E-state index in [2.05, 4.69) is 15.0 Å². The van der Waals surface area contributed by atoms with Crippen LogP contribution in [-0.4, -0.2) is 76.1 Å². The Bertz CT molecular complexity index is 2050. The smallest absolute Gasteiger partial charge is 0.269 e. The Labute approximate surface area is 243 Å². The van der Waals surface area contributed by atoms with E-state index in [-0.39, 0.29) is 4.90 Å². The highest BCUT2D eigenvalue weighted by Gasteiger charge is 2.28. The molecule has 0 N–H and O–H groups in total. The highest BCUT2D eigenvalue weighted by Crippen LogP contribution is 2.39. The van der Waals surface area contributed by atoms with Gasteiger partial charge >= 0.3 is 0 Å². The van der Waals surface area contributed by atoms with Gasteiger partial charge in [0.15, 0.2) is 5.65 Å². The number of pyridine rings is 1. The monoisotopic (exact) mass is 584 g/mol. The fraction of sp³-hybridized carbons (Fsp3) is 0.290. The molecule has 42 heavy (non-hydrogen) atoms. The van der Waals surface area contributed by atoms with Crippen LogP contribution in [0.25, 0.3) is 44.1 Å². The summed E-state index contributed by atoms with van der Waals surface area (Å²) in [5, 5.41) is 6.86. The summed E-state index contributed by atoms with van der Waals surface area (Å²) in [6.07, 6.45) is 5.39. The normalized spacial score (nSPS) is 14.8. The Morgan fingerprint density at radius 3 is 2.55 bits per heavy atom. The molecule has 1 aliphatic heterocycles. The number of fused-ring (bicyclic) bond motifs is 4. The molecule has 0 saturated carbocycles. The third kappa shape index (κ3) is 4.44. The fourth-order valence-corrected chi connectivity index (χ4v) is 7.29. The van der Waals surface area contributed by atoms with Crippen LogP contribution in [0.3, 0.4) is 0 Å². The first-order valence-corrected chi connectivity index (χ1v) is 15.4. The topological polar surface area (TPSA) is 96.4 Å². The number of hydrogen-bond acceptors (Lipinski definition) is 7. The van der Waals surface area contributed by atoms with Crippen molar-refractivity contribution in [1.29, 1.82) is 0 Å². The minimum Gasteiger partial charge on any atom is -0.492 e. The Hall–Kier alpha value is -4.19. The van der Waals surface area contributed by atoms with Crippen molar-refractivity contribution >= 4 is 42.9 Å². The number of aryl methyl sites for hydroxylation is 3. The van der Waals surface area contributed by atoms with Gasteiger partial charge in [-0.2, -0.15) is 5.10 Å². The summed E-state index contributed by atoms with van der Waals surface area (Å²) >= 11 is 0. The van der Waals surface area contributed by atoms with Crippen LogP contribution >= 0.6 is 0 Å². The van der Waals surface area contributed by atoms with Crippen LogP contribution in [0.5, 0.6) is 5.75 Å². The Balaban J connectivity index is 1.39. The zero-order valence-electron chi connectivity index (χ0n) is 23.8. The lowest BCUT2D eigenvalue weighted by atomic mass is 10.1. The number of rotatable bonds is 7. The zero-order valence-corrected chi connectivity index (χ0v) is 24.6. The molecule has 1 fully saturated rings. The van der Waals surface area contributed by atoms with E-state index < -0.39 is 10.0 Å². The van der Waals surface area contributed by atoms with Crippen LogP contribution in [0.1, 0.15) is 5.56 Å². The van der Waals surface area contributed by atoms with Crippen molar-refractivity contribution in [2.75, 3.05) is 39.5 Å². The van der Waals surface area contributed by atoms with Crippen molar-refractivity contribution in [2.24, 2.45) is 14.1 Å². The first-order valence-electron chi connectivity index (χ1n) is 14.0. The highest BCUT2D eigenvalue weighted by molar-refractivity contribution is 7.90. The summed E-state index contributed by atoms with van der Waals surface area (Å²) in [7, 11) is -0.195. The van der Waals surface area contributed by atoms with Gasteiger partial charge in [-0.1, -0.05) is 17.7 Å². The maximum atomic E-state index is 14.3. The lowest BCUT2D eigenvalue weighted by Gasteiger charge is -2.26. The maximum absolute atomic E-state index is 14.3. The number of hydrogen-bond donors (Lipinski definition) is 0. The average molecular weight is 585 g/mol. The molecular formula is C31H32N6O4S. The summed E-state index contributed by atoms with van der Waals surface area (Å²) in [4.78, 5) is 7.18. The van der Waals surface area contributed by atoms with Crippen molar-refractivity contribution in [2.45, 2.75) is 11.8 Å². The van der Waals surface area contributed by atoms with E-state index in [0.29, 0.717) is 23.3 Å². The summed E-state index contributed by atoms with van der Waals surface area (Å²) in [6, 6.07) is 14.8. The van der Waals surface area contributed by atoms with Crippen LogP contribution in [0.2, 0.25) is 0 Å². The van der Waals surface area contributed by atoms with Gasteiger partial charge in [-0.15, -0.1) is 0 Å². The van der Waals surface area contributed by atoms with Gasteiger partial charge in [0.05, 0.1) is 35.5 Å². The number of morpholine rings is 1. The SMILES string of the molecule is Cc1ccc(S(=O)(=O)n2c(-c3cn(C)c4ccc(OCCN5CCOCC5)cc34)cc3c4c(cnc32)cnn4C)cc1. The fourth-order valence-electron chi connectivity index (χ4n) is 5.82. The van der Waals surface area contributed by atoms with Gasteiger partial charge in [0.1, 0.15) is 12.4 Å². The molecule has 0 spiro atoms. The molecule has 1 aliphatic rings. The van der Waals surface area contributed by atoms with Crippen LogP contribution in [0.15, 0.2) is 72.0 Å². The second kappa shape index (κ2) is 10.3. The summed E-state index contributed by atoms with van der Waals surface area (Å²) in [5.74, 6) is 0.736. The first-order chi connectivity index (χ1) is 20.3. The lowest BCUT2D eigenvalue weighted by molar-refractivity contribution is 0.0322. The van der Waals surface area contributed by atoms with Crippen molar-refractivity contribution < 1.29 is 17.9 Å². The molecule has 1 saturated heterocycles. The Morgan fingerprint density at radius 1 is 0.976 bits per heavy atom. The van der Waals surface area contributed by atoms with E-state index in [1.165, 1.54) is 3.97 Å². The van der Waals surface area contributed by atoms with Crippen molar-refractivity contribution in [3.8, 4) is 17.0 Å². The molecule has 0 aliphatic carbocycles. The highest BCUT2D eigenvalue weighted by atomic mass is 32.2. The maximum Gasteiger partial charge on any atom is 0.269 e. The molecule has 0 amide bonds. The molecule has 7 rings (SSSR count). The van der Waals surface area contributed by atoms with Gasteiger partial charge < -0.3 is 14.0 Å². The quantitative estimate of drug-likeness (QED) is 0.276. The van der Waals surface area contributed by atoms with Gasteiger partial charge in [-0.3, -0.25) is 9.58 Å². The predicted molar refractivity (Wildman–Crippen MR) is 162 cm³/mol. The minimum absolute atomic E-state index is 0.200. The molecule has 0 radical (unpaired) electrons. The zero-order chi connectivity index (χ0) is 29.0. The van der Waals surface area contributed by atoms with E-state index in [1.54, 1.807) is 29.2 Å². The van der Waals surface area contributed by atoms with Crippen molar-refractivity contribution in [1.82, 2.24) is 28.2 Å². The molecule has 11 heteroatoms. The molecule has 6 aromatic rings. The van der Waals surface area contributed by atoms with Gasteiger partial charge in [-0.25, -0.2) is 17.4 Å². The summed E-state index contributed by atoms with van der Waals surface area (Å²) < 4.78 is 45.4. The van der Waals surface area contributed by atoms with Crippen molar-refractivity contribution in [3.05, 3.63) is 72.7 Å². The number of benzene rings is 2. The third-order valence-electron chi connectivity index (χ3n) is 8.06. The lowest BCUT2D eigenvalue weighted by Crippen LogP contribution is -2.38. The number of nitrogens with zero attached hydrogens (tertiary/aromatic N) is 6. The van der Waals surface area contributed by atoms with Crippen molar-refractivity contribution in [3.63, 3.8) is 0 Å². The molecule has 0 atom stereocenters. The van der Waals surface area contributed by atoms with E-state index in [9.17, 15) is 8.42 Å². The van der Waals surface area contributed by atoms with Gasteiger partial charge in [0, 0.05) is 73.4 Å². The number of ether oxygens (including phenoxy) is 2. The predicted octanol–water partition coefficient (Wildman–Crippen LogP) is 4.34. The second-order valence-electron chi connectivity index (χ2n) is 10.8. The van der Waals surface area contributed by atoms with Crippen LogP contribution in [0.4, 0.5) is 0 Å². The summed E-state index contributed by atoms with van der Waals surface area (Å²) in [6.45, 7) is 6.62. The van der Waals surface area contributed by atoms with Crippen LogP contribution < -0.4 is 4.74 Å². The average Bonchev–Trinajstić information content (AvgIpc) is 3.66. The summed E-state index contributed by atoms with van der Waals surface area (Å²) in [5.41, 5.74) is 4.44. The van der Waals surface area contributed by atoms with Crippen LogP contribution in [0, 0.1) is 6.92 Å². The van der Waals surface area contributed by atoms with E-state index in [0.717, 1.165) is 71.5 Å². The molecular weight excluding hydrogens is 552 g/mol. The van der Waals surface area contributed by atoms with Gasteiger partial charge in [-0.05, 0) is 43.3 Å². The number of aromatic nitrogens is 5. The Morgan fingerprint density at radius 2 is 1.76 bits per heavy atom. The molecule has 216 valence electrons.